The van der Waals surface area contributed by atoms with Crippen LogP contribution in [0.1, 0.15) is 105 Å². The van der Waals surface area contributed by atoms with E-state index < -0.39 is 151 Å². The van der Waals surface area contributed by atoms with Gasteiger partial charge in [0.15, 0.2) is 6.04 Å². The lowest BCUT2D eigenvalue weighted by atomic mass is 9.94. The number of aliphatic carboxylic acids is 2. The van der Waals surface area contributed by atoms with Crippen LogP contribution in [0.15, 0.2) is 36.8 Å². The number of carbonyl (C=O) groups is 10. The largest absolute Gasteiger partial charge is 0.508 e. The number of nitrogens with two attached hydrogens (primary N) is 1. The zero-order valence-electron chi connectivity index (χ0n) is 43.0. The molecule has 0 radical (unpaired) electrons. The number of carboxylic acid groups (broad SMARTS) is 2. The number of imidazole rings is 1. The Kier molecular flexibility index (Phi) is 24.4. The molecule has 12 atom stereocenters. The summed E-state index contributed by atoms with van der Waals surface area (Å²) in [5.74, 6) is -10.7. The van der Waals surface area contributed by atoms with Gasteiger partial charge in [0.25, 0.3) is 0 Å². The van der Waals surface area contributed by atoms with E-state index in [1.165, 1.54) is 36.5 Å². The molecule has 14 N–H and O–H groups in total. The standard InChI is InChI=1S/C49H75N11O14/c1-8-25(4)38(46(70)58-40(27(6)10-3)47(71)59-41(28(7)61)49(73)74)56-36(63)23-52-42(66)34(21-30-22-51-24-53-30)55-43(67)33(17-18-37(64)65)54-45(69)39(26(5)9-2)57-44(68)35-12-11-19-60(35)48(72)32(50)20-29-13-15-31(62)16-14-29/h13-16,22,24-28,32-35,38-41,61-62H,8-12,17-21,23,50H2,1-7H3,(H,51,53)(H,52,66)(H,54,69)(H,55,67)(H,56,63)(H,57,68)(H,58,70)(H,59,71)(H,64,65)(H,73,74)/t25-,26-,27-,28+,32-,33-,34-,35-,38-,39-,40-,41-/m0/s1. The number of aromatic hydroxyl groups is 1. The van der Waals surface area contributed by atoms with Crippen LogP contribution in [-0.4, -0.2) is 162 Å². The number of carbonyl (C=O) groups excluding carboxylic acids is 8. The number of carboxylic acids is 2. The number of phenols is 1. The summed E-state index contributed by atoms with van der Waals surface area (Å²) in [6, 6.07) is -4.27. The number of aliphatic hydroxyl groups is 1. The van der Waals surface area contributed by atoms with Gasteiger partial charge in [-0.3, -0.25) is 43.2 Å². The van der Waals surface area contributed by atoms with E-state index in [4.69, 9.17) is 5.73 Å². The zero-order valence-corrected chi connectivity index (χ0v) is 43.0. The molecular formula is C49H75N11O14. The monoisotopic (exact) mass is 1040 g/mol. The number of nitrogens with zero attached hydrogens (tertiary/aromatic N) is 2. The molecule has 25 heteroatoms. The van der Waals surface area contributed by atoms with Crippen molar-refractivity contribution in [3.63, 3.8) is 0 Å². The van der Waals surface area contributed by atoms with Crippen LogP contribution in [0.3, 0.4) is 0 Å². The summed E-state index contributed by atoms with van der Waals surface area (Å²) in [4.78, 5) is 142. The van der Waals surface area contributed by atoms with Crippen LogP contribution in [0.4, 0.5) is 0 Å². The maximum atomic E-state index is 14.1. The van der Waals surface area contributed by atoms with Gasteiger partial charge < -0.3 is 73.3 Å². The van der Waals surface area contributed by atoms with Crippen molar-refractivity contribution in [1.82, 2.24) is 52.1 Å². The van der Waals surface area contributed by atoms with Crippen molar-refractivity contribution in [2.45, 2.75) is 161 Å². The Morgan fingerprint density at radius 1 is 0.716 bits per heavy atom. The van der Waals surface area contributed by atoms with Gasteiger partial charge in [0.2, 0.25) is 47.3 Å². The molecule has 1 aliphatic rings. The molecule has 1 aromatic carbocycles. The molecule has 25 nitrogen and oxygen atoms in total. The minimum atomic E-state index is -1.66. The van der Waals surface area contributed by atoms with E-state index in [1.807, 2.05) is 0 Å². The lowest BCUT2D eigenvalue weighted by molar-refractivity contribution is -0.145. The second kappa shape index (κ2) is 29.5. The summed E-state index contributed by atoms with van der Waals surface area (Å²) in [7, 11) is 0. The highest BCUT2D eigenvalue weighted by atomic mass is 16.4. The zero-order chi connectivity index (χ0) is 55.4. The lowest BCUT2D eigenvalue weighted by Gasteiger charge is -2.31. The first-order valence-electron chi connectivity index (χ1n) is 24.9. The average Bonchev–Trinajstić information content (AvgIpc) is 4.08. The van der Waals surface area contributed by atoms with Crippen LogP contribution in [0.5, 0.6) is 5.75 Å². The Balaban J connectivity index is 1.78. The van der Waals surface area contributed by atoms with Gasteiger partial charge in [0, 0.05) is 31.3 Å². The summed E-state index contributed by atoms with van der Waals surface area (Å²) in [5, 5.41) is 56.3. The van der Waals surface area contributed by atoms with Gasteiger partial charge in [-0.25, -0.2) is 9.78 Å². The molecule has 1 aromatic heterocycles. The number of benzene rings is 1. The first-order chi connectivity index (χ1) is 34.9. The number of H-pyrrole nitrogens is 1. The first-order valence-corrected chi connectivity index (χ1v) is 24.9. The number of phenolic OH excluding ortho intramolecular Hbond substituents is 1. The van der Waals surface area contributed by atoms with Crippen molar-refractivity contribution in [1.29, 1.82) is 0 Å². The fourth-order valence-electron chi connectivity index (χ4n) is 8.13. The summed E-state index contributed by atoms with van der Waals surface area (Å²) in [6.45, 7) is 11.0. The summed E-state index contributed by atoms with van der Waals surface area (Å²) < 4.78 is 0. The fraction of sp³-hybridized carbons (Fsp3) is 0.612. The van der Waals surface area contributed by atoms with Crippen LogP contribution in [0, 0.1) is 17.8 Å². The van der Waals surface area contributed by atoms with E-state index in [2.05, 4.69) is 47.2 Å². The molecule has 2 heterocycles. The third-order valence-corrected chi connectivity index (χ3v) is 13.3. The Morgan fingerprint density at radius 3 is 1.78 bits per heavy atom. The van der Waals surface area contributed by atoms with E-state index in [1.54, 1.807) is 53.7 Å². The maximum Gasteiger partial charge on any atom is 0.328 e. The number of rotatable bonds is 30. The van der Waals surface area contributed by atoms with E-state index >= 15 is 0 Å². The van der Waals surface area contributed by atoms with E-state index in [0.717, 1.165) is 0 Å². The molecule has 1 fully saturated rings. The first kappa shape index (κ1) is 61.2. The number of aromatic amines is 1. The molecule has 2 aromatic rings. The summed E-state index contributed by atoms with van der Waals surface area (Å²) in [6.07, 6.45) is 1.97. The fourth-order valence-corrected chi connectivity index (χ4v) is 8.13. The number of amides is 8. The second-order valence-electron chi connectivity index (χ2n) is 19.0. The van der Waals surface area contributed by atoms with Crippen LogP contribution in [0.2, 0.25) is 0 Å². The minimum absolute atomic E-state index is 0.0457. The topological polar surface area (TPSA) is 394 Å². The molecule has 410 valence electrons. The Morgan fingerprint density at radius 2 is 1.26 bits per heavy atom. The highest BCUT2D eigenvalue weighted by molar-refractivity contribution is 5.98. The average molecular weight is 1040 g/mol. The third-order valence-electron chi connectivity index (χ3n) is 13.3. The minimum Gasteiger partial charge on any atom is -0.508 e. The molecule has 3 rings (SSSR count). The molecule has 8 amide bonds. The number of aromatic nitrogens is 2. The molecule has 0 spiro atoms. The van der Waals surface area contributed by atoms with Crippen molar-refractivity contribution >= 4 is 59.2 Å². The molecule has 0 saturated carbocycles. The van der Waals surface area contributed by atoms with Gasteiger partial charge >= 0.3 is 11.9 Å². The van der Waals surface area contributed by atoms with Crippen molar-refractivity contribution in [2.75, 3.05) is 13.1 Å². The molecular weight excluding hydrogens is 967 g/mol. The molecule has 1 aliphatic heterocycles. The highest BCUT2D eigenvalue weighted by Gasteiger charge is 2.40. The van der Waals surface area contributed by atoms with Crippen LogP contribution in [0.25, 0.3) is 0 Å². The number of nitrogens with one attached hydrogen (secondary N) is 8. The van der Waals surface area contributed by atoms with Gasteiger partial charge in [0.1, 0.15) is 42.0 Å². The summed E-state index contributed by atoms with van der Waals surface area (Å²) >= 11 is 0. The summed E-state index contributed by atoms with van der Waals surface area (Å²) in [5.41, 5.74) is 7.33. The predicted octanol–water partition coefficient (Wildman–Crippen LogP) is -1.29. The van der Waals surface area contributed by atoms with Gasteiger partial charge in [0.05, 0.1) is 25.0 Å². The van der Waals surface area contributed by atoms with Crippen molar-refractivity contribution in [3.05, 3.63) is 48.0 Å². The number of aliphatic hydroxyl groups excluding tert-OH is 1. The number of hydrogen-bond donors (Lipinski definition) is 13. The maximum absolute atomic E-state index is 14.1. The van der Waals surface area contributed by atoms with Crippen LogP contribution < -0.4 is 43.0 Å². The molecule has 0 unspecified atom stereocenters. The molecule has 1 saturated heterocycles. The molecule has 74 heavy (non-hydrogen) atoms. The highest BCUT2D eigenvalue weighted by Crippen LogP contribution is 2.21. The van der Waals surface area contributed by atoms with Gasteiger partial charge in [-0.05, 0) is 68.1 Å². The SMILES string of the molecule is CC[C@H](C)[C@H](NC(=O)CNC(=O)[C@H](Cc1cnc[nH]1)NC(=O)[C@H](CCC(=O)O)NC(=O)[C@@H](NC(=O)[C@@H]1CCCN1C(=O)[C@@H](N)Cc1ccc(O)cc1)[C@@H](C)CC)C(=O)N[C@H](C(=O)N[C@H](C(=O)O)[C@@H](C)O)[C@@H](C)CC. The van der Waals surface area contributed by atoms with Gasteiger partial charge in [-0.2, -0.15) is 0 Å². The normalized spacial score (nSPS) is 17.7. The number of likely N-dealkylation sites (tertiary alicyclic amines) is 1. The number of hydrogen-bond acceptors (Lipinski definition) is 14. The Labute approximate surface area is 429 Å². The second-order valence-corrected chi connectivity index (χ2v) is 19.0. The van der Waals surface area contributed by atoms with E-state index in [0.29, 0.717) is 36.9 Å². The van der Waals surface area contributed by atoms with Gasteiger partial charge in [-0.1, -0.05) is 72.9 Å². The van der Waals surface area contributed by atoms with Crippen LogP contribution in [-0.2, 0) is 60.8 Å². The Hall–Kier alpha value is -7.15. The quantitative estimate of drug-likeness (QED) is 0.0433. The van der Waals surface area contributed by atoms with E-state index in [9.17, 15) is 68.4 Å². The van der Waals surface area contributed by atoms with Crippen LogP contribution >= 0.6 is 0 Å². The molecule has 0 aliphatic carbocycles. The molecule has 0 bridgehead atoms. The lowest BCUT2D eigenvalue weighted by Crippen LogP contribution is -2.61. The van der Waals surface area contributed by atoms with Crippen molar-refractivity contribution in [2.24, 2.45) is 23.5 Å². The Bertz CT molecular complexity index is 2250. The predicted molar refractivity (Wildman–Crippen MR) is 266 cm³/mol. The van der Waals surface area contributed by atoms with E-state index in [-0.39, 0.29) is 31.6 Å². The van der Waals surface area contributed by atoms with Crippen molar-refractivity contribution < 1.29 is 68.4 Å². The third kappa shape index (κ3) is 18.4. The van der Waals surface area contributed by atoms with Gasteiger partial charge in [-0.15, -0.1) is 0 Å². The smallest absolute Gasteiger partial charge is 0.328 e. The van der Waals surface area contributed by atoms with Crippen molar-refractivity contribution in [3.8, 4) is 5.75 Å².